The van der Waals surface area contributed by atoms with E-state index in [1.807, 2.05) is 0 Å². The van der Waals surface area contributed by atoms with Gasteiger partial charge in [-0.3, -0.25) is 0 Å². The van der Waals surface area contributed by atoms with Crippen molar-refractivity contribution in [2.75, 3.05) is 0 Å². The third-order valence-corrected chi connectivity index (χ3v) is 2.34. The minimum atomic E-state index is -4.96. The second kappa shape index (κ2) is 3.58. The van der Waals surface area contributed by atoms with Gasteiger partial charge in [0, 0.05) is 5.39 Å². The molecule has 17 heavy (non-hydrogen) atoms. The largest absolute Gasteiger partial charge is 0.507 e. The number of fused-ring (bicyclic) bond motifs is 1. The highest BCUT2D eigenvalue weighted by Gasteiger charge is 2.37. The zero-order chi connectivity index (χ0) is 12.8. The summed E-state index contributed by atoms with van der Waals surface area (Å²) in [6.45, 7) is 0. The molecule has 0 amide bonds. The molecular formula is C11H5F5O. The molecule has 1 nitrogen and oxygen atoms in total. The van der Waals surface area contributed by atoms with E-state index in [4.69, 9.17) is 5.11 Å². The van der Waals surface area contributed by atoms with E-state index in [1.165, 1.54) is 0 Å². The molecule has 2 aromatic carbocycles. The van der Waals surface area contributed by atoms with Crippen molar-refractivity contribution in [3.05, 3.63) is 41.5 Å². The number of halogens is 5. The molecule has 2 rings (SSSR count). The molecule has 90 valence electrons. The molecule has 0 saturated carbocycles. The van der Waals surface area contributed by atoms with Crippen molar-refractivity contribution in [2.24, 2.45) is 0 Å². The smallest absolute Gasteiger partial charge is 0.420 e. The lowest BCUT2D eigenvalue weighted by atomic mass is 10.0. The van der Waals surface area contributed by atoms with Crippen LogP contribution in [-0.4, -0.2) is 5.11 Å². The number of phenolic OH excluding ortho intramolecular Hbond substituents is 1. The van der Waals surface area contributed by atoms with Crippen molar-refractivity contribution < 1.29 is 27.1 Å². The van der Waals surface area contributed by atoms with Gasteiger partial charge in [-0.05, 0) is 17.5 Å². The van der Waals surface area contributed by atoms with Crippen molar-refractivity contribution in [1.82, 2.24) is 0 Å². The van der Waals surface area contributed by atoms with Gasteiger partial charge in [0.25, 0.3) is 0 Å². The number of benzene rings is 2. The van der Waals surface area contributed by atoms with Crippen LogP contribution in [0.25, 0.3) is 10.8 Å². The first kappa shape index (κ1) is 11.6. The normalized spacial score (nSPS) is 12.1. The van der Waals surface area contributed by atoms with E-state index in [0.29, 0.717) is 0 Å². The average molecular weight is 248 g/mol. The third-order valence-electron chi connectivity index (χ3n) is 2.34. The van der Waals surface area contributed by atoms with Gasteiger partial charge in [0.2, 0.25) is 0 Å². The van der Waals surface area contributed by atoms with E-state index in [2.05, 4.69) is 0 Å². The van der Waals surface area contributed by atoms with Crippen molar-refractivity contribution in [3.63, 3.8) is 0 Å². The summed E-state index contributed by atoms with van der Waals surface area (Å²) in [7, 11) is 0. The van der Waals surface area contributed by atoms with Gasteiger partial charge in [0.15, 0.2) is 11.6 Å². The first-order valence-electron chi connectivity index (χ1n) is 4.49. The van der Waals surface area contributed by atoms with Crippen LogP contribution in [-0.2, 0) is 6.18 Å². The molecule has 0 aromatic heterocycles. The molecule has 0 aliphatic heterocycles. The van der Waals surface area contributed by atoms with E-state index >= 15 is 0 Å². The second-order valence-corrected chi connectivity index (χ2v) is 3.42. The summed E-state index contributed by atoms with van der Waals surface area (Å²) in [5.74, 6) is -4.14. The molecule has 0 bridgehead atoms. The summed E-state index contributed by atoms with van der Waals surface area (Å²) in [5, 5.41) is 8.06. The standard InChI is InChI=1S/C11H5F5O/c12-6-3-1-5-2-4-7(17)9(11(14,15)16)8(5)10(6)13/h1-4,17H. The highest BCUT2D eigenvalue weighted by atomic mass is 19.4. The molecule has 0 fully saturated rings. The molecule has 0 spiro atoms. The Morgan fingerprint density at radius 2 is 1.53 bits per heavy atom. The summed E-state index contributed by atoms with van der Waals surface area (Å²) < 4.78 is 64.2. The van der Waals surface area contributed by atoms with E-state index in [0.717, 1.165) is 24.3 Å². The van der Waals surface area contributed by atoms with Crippen LogP contribution < -0.4 is 0 Å². The van der Waals surface area contributed by atoms with Gasteiger partial charge in [-0.15, -0.1) is 0 Å². The highest BCUT2D eigenvalue weighted by molar-refractivity contribution is 5.88. The predicted octanol–water partition coefficient (Wildman–Crippen LogP) is 3.84. The fraction of sp³-hybridized carbons (Fsp3) is 0.0909. The molecule has 2 aromatic rings. The Hall–Kier alpha value is -1.85. The van der Waals surface area contributed by atoms with Crippen LogP contribution in [0.2, 0.25) is 0 Å². The van der Waals surface area contributed by atoms with Gasteiger partial charge < -0.3 is 5.11 Å². The van der Waals surface area contributed by atoms with Crippen LogP contribution in [0.5, 0.6) is 5.75 Å². The Balaban J connectivity index is 2.99. The van der Waals surface area contributed by atoms with Gasteiger partial charge in [0.1, 0.15) is 11.3 Å². The van der Waals surface area contributed by atoms with Crippen LogP contribution in [0.1, 0.15) is 5.56 Å². The maximum absolute atomic E-state index is 13.4. The molecule has 0 saturated heterocycles. The Labute approximate surface area is 92.1 Å². The fourth-order valence-corrected chi connectivity index (χ4v) is 1.63. The maximum atomic E-state index is 13.4. The van der Waals surface area contributed by atoms with Crippen molar-refractivity contribution in [3.8, 4) is 5.75 Å². The molecule has 0 aliphatic carbocycles. The number of hydrogen-bond acceptors (Lipinski definition) is 1. The molecule has 1 N–H and O–H groups in total. The summed E-state index contributed by atoms with van der Waals surface area (Å²) >= 11 is 0. The van der Waals surface area contributed by atoms with Crippen molar-refractivity contribution in [2.45, 2.75) is 6.18 Å². The van der Waals surface area contributed by atoms with Crippen LogP contribution in [0, 0.1) is 11.6 Å². The third kappa shape index (κ3) is 1.79. The summed E-state index contributed by atoms with van der Waals surface area (Å²) in [6, 6.07) is 3.63. The number of hydrogen-bond donors (Lipinski definition) is 1. The quantitative estimate of drug-likeness (QED) is 0.702. The van der Waals surface area contributed by atoms with Crippen molar-refractivity contribution >= 4 is 10.8 Å². The van der Waals surface area contributed by atoms with Gasteiger partial charge in [-0.2, -0.15) is 13.2 Å². The van der Waals surface area contributed by atoms with E-state index < -0.39 is 34.5 Å². The SMILES string of the molecule is Oc1ccc2ccc(F)c(F)c2c1C(F)(F)F. The number of phenols is 1. The van der Waals surface area contributed by atoms with Crippen LogP contribution in [0.3, 0.4) is 0 Å². The minimum Gasteiger partial charge on any atom is -0.507 e. The number of rotatable bonds is 0. The Morgan fingerprint density at radius 3 is 2.12 bits per heavy atom. The maximum Gasteiger partial charge on any atom is 0.420 e. The first-order chi connectivity index (χ1) is 7.82. The summed E-state index contributed by atoms with van der Waals surface area (Å²) in [4.78, 5) is 0. The van der Waals surface area contributed by atoms with E-state index in [1.54, 1.807) is 0 Å². The van der Waals surface area contributed by atoms with Gasteiger partial charge >= 0.3 is 6.18 Å². The molecule has 0 heterocycles. The molecule has 0 radical (unpaired) electrons. The molecule has 6 heteroatoms. The van der Waals surface area contributed by atoms with E-state index in [-0.39, 0.29) is 5.39 Å². The van der Waals surface area contributed by atoms with Gasteiger partial charge in [-0.25, -0.2) is 8.78 Å². The lowest BCUT2D eigenvalue weighted by Gasteiger charge is -2.13. The van der Waals surface area contributed by atoms with Crippen molar-refractivity contribution in [1.29, 1.82) is 0 Å². The topological polar surface area (TPSA) is 20.2 Å². The molecule has 0 atom stereocenters. The predicted molar refractivity (Wildman–Crippen MR) is 50.5 cm³/mol. The zero-order valence-electron chi connectivity index (χ0n) is 8.15. The lowest BCUT2D eigenvalue weighted by Crippen LogP contribution is -2.07. The summed E-state index contributed by atoms with van der Waals surface area (Å²) in [5.41, 5.74) is -1.56. The highest BCUT2D eigenvalue weighted by Crippen LogP contribution is 2.41. The monoisotopic (exact) mass is 248 g/mol. The Bertz CT molecular complexity index is 583. The lowest BCUT2D eigenvalue weighted by molar-refractivity contribution is -0.137. The van der Waals surface area contributed by atoms with Gasteiger partial charge in [-0.1, -0.05) is 12.1 Å². The van der Waals surface area contributed by atoms with Crippen LogP contribution in [0.15, 0.2) is 24.3 Å². The number of aromatic hydroxyl groups is 1. The number of alkyl halides is 3. The first-order valence-corrected chi connectivity index (χ1v) is 4.49. The van der Waals surface area contributed by atoms with Crippen LogP contribution >= 0.6 is 0 Å². The summed E-state index contributed by atoms with van der Waals surface area (Å²) in [6.07, 6.45) is -4.96. The molecular weight excluding hydrogens is 243 g/mol. The Morgan fingerprint density at radius 1 is 0.941 bits per heavy atom. The zero-order valence-corrected chi connectivity index (χ0v) is 8.15. The minimum absolute atomic E-state index is 0.131. The second-order valence-electron chi connectivity index (χ2n) is 3.42. The van der Waals surface area contributed by atoms with Gasteiger partial charge in [0.05, 0.1) is 0 Å². The Kier molecular flexibility index (Phi) is 2.45. The average Bonchev–Trinajstić information content (AvgIpc) is 2.22. The van der Waals surface area contributed by atoms with Crippen LogP contribution in [0.4, 0.5) is 22.0 Å². The van der Waals surface area contributed by atoms with E-state index in [9.17, 15) is 22.0 Å². The molecule has 0 aliphatic rings. The fourth-order valence-electron chi connectivity index (χ4n) is 1.63. The molecule has 0 unspecified atom stereocenters.